The molecule has 0 radical (unpaired) electrons. The van der Waals surface area contributed by atoms with Crippen LogP contribution in [0.1, 0.15) is 29.9 Å². The van der Waals surface area contributed by atoms with Crippen molar-refractivity contribution in [2.24, 2.45) is 0 Å². The fourth-order valence-corrected chi connectivity index (χ4v) is 5.20. The van der Waals surface area contributed by atoms with Crippen LogP contribution in [0.25, 0.3) is 33.4 Å². The van der Waals surface area contributed by atoms with E-state index in [0.717, 1.165) is 5.56 Å². The van der Waals surface area contributed by atoms with Gasteiger partial charge >= 0.3 is 0 Å². The molecule has 2 aromatic carbocycles. The lowest BCUT2D eigenvalue weighted by Crippen LogP contribution is -2.31. The molecular formula is C30H22Cl3N4O3+. The zero-order valence-corrected chi connectivity index (χ0v) is 23.7. The molecule has 0 bridgehead atoms. The molecule has 3 aromatic heterocycles. The Morgan fingerprint density at radius 3 is 2.27 bits per heavy atom. The SMILES string of the molecule is CC(=O)Nc1c(C(C)=O)c(=O)n(Cc2cccc[nH+]2)c2nc(-c3ccc(Cl)cc3Cl)c(-c3ccc(Cl)cc3)cc12. The fourth-order valence-electron chi connectivity index (χ4n) is 4.58. The van der Waals surface area contributed by atoms with Gasteiger partial charge in [-0.15, -0.1) is 0 Å². The summed E-state index contributed by atoms with van der Waals surface area (Å²) in [5.41, 5.74) is 2.81. The van der Waals surface area contributed by atoms with E-state index in [2.05, 4.69) is 10.3 Å². The number of anilines is 1. The number of ketones is 1. The van der Waals surface area contributed by atoms with Crippen molar-refractivity contribution in [2.75, 3.05) is 5.32 Å². The maximum atomic E-state index is 13.9. The Labute approximate surface area is 244 Å². The molecule has 0 aliphatic heterocycles. The van der Waals surface area contributed by atoms with Gasteiger partial charge < -0.3 is 5.32 Å². The van der Waals surface area contributed by atoms with Crippen molar-refractivity contribution in [3.05, 3.63) is 110 Å². The van der Waals surface area contributed by atoms with Gasteiger partial charge in [0.2, 0.25) is 5.91 Å². The van der Waals surface area contributed by atoms with Gasteiger partial charge in [0.1, 0.15) is 17.8 Å². The molecule has 2 N–H and O–H groups in total. The number of pyridine rings is 3. The number of aromatic amines is 1. The van der Waals surface area contributed by atoms with Crippen molar-refractivity contribution in [1.29, 1.82) is 0 Å². The minimum atomic E-state index is -0.583. The number of amides is 1. The number of halogens is 3. The van der Waals surface area contributed by atoms with Gasteiger partial charge in [0, 0.05) is 45.6 Å². The highest BCUT2D eigenvalue weighted by atomic mass is 35.5. The number of nitrogens with zero attached hydrogens (tertiary/aromatic N) is 2. The van der Waals surface area contributed by atoms with Crippen LogP contribution >= 0.6 is 34.8 Å². The van der Waals surface area contributed by atoms with E-state index < -0.39 is 17.2 Å². The van der Waals surface area contributed by atoms with Crippen LogP contribution in [0, 0.1) is 0 Å². The van der Waals surface area contributed by atoms with Crippen LogP contribution in [-0.2, 0) is 11.3 Å². The molecule has 0 fully saturated rings. The number of hydrogen-bond acceptors (Lipinski definition) is 4. The van der Waals surface area contributed by atoms with E-state index in [9.17, 15) is 14.4 Å². The first kappa shape index (κ1) is 27.5. The van der Waals surface area contributed by atoms with Crippen LogP contribution in [0.4, 0.5) is 5.69 Å². The van der Waals surface area contributed by atoms with Crippen LogP contribution in [0.5, 0.6) is 0 Å². The zero-order valence-electron chi connectivity index (χ0n) is 21.4. The number of carbonyl (C=O) groups excluding carboxylic acids is 2. The number of carbonyl (C=O) groups is 2. The number of aromatic nitrogens is 3. The predicted octanol–water partition coefficient (Wildman–Crippen LogP) is 6.71. The van der Waals surface area contributed by atoms with Crippen LogP contribution in [0.15, 0.2) is 77.7 Å². The van der Waals surface area contributed by atoms with E-state index in [-0.39, 0.29) is 23.4 Å². The summed E-state index contributed by atoms with van der Waals surface area (Å²) in [7, 11) is 0. The second-order valence-electron chi connectivity index (χ2n) is 9.15. The number of rotatable bonds is 6. The van der Waals surface area contributed by atoms with Crippen LogP contribution in [-0.4, -0.2) is 21.2 Å². The molecule has 0 atom stereocenters. The molecule has 5 rings (SSSR count). The molecule has 0 aliphatic carbocycles. The maximum absolute atomic E-state index is 13.9. The Kier molecular flexibility index (Phi) is 7.72. The molecule has 7 nitrogen and oxygen atoms in total. The summed E-state index contributed by atoms with van der Waals surface area (Å²) < 4.78 is 1.42. The van der Waals surface area contributed by atoms with Gasteiger partial charge in [0.25, 0.3) is 5.56 Å². The van der Waals surface area contributed by atoms with Gasteiger partial charge in [-0.1, -0.05) is 53.0 Å². The second kappa shape index (κ2) is 11.2. The Hall–Kier alpha value is -4.04. The summed E-state index contributed by atoms with van der Waals surface area (Å²) in [6, 6.07) is 19.5. The normalized spacial score (nSPS) is 11.0. The Balaban J connectivity index is 1.96. The summed E-state index contributed by atoms with van der Waals surface area (Å²) in [6.07, 6.45) is 1.74. The van der Waals surface area contributed by atoms with Gasteiger partial charge in [-0.2, -0.15) is 0 Å². The van der Waals surface area contributed by atoms with Crippen molar-refractivity contribution < 1.29 is 14.6 Å². The number of hydrogen-bond donors (Lipinski definition) is 1. The van der Waals surface area contributed by atoms with E-state index in [1.54, 1.807) is 42.6 Å². The van der Waals surface area contributed by atoms with Gasteiger partial charge in [0.15, 0.2) is 17.7 Å². The Morgan fingerprint density at radius 1 is 0.925 bits per heavy atom. The first-order chi connectivity index (χ1) is 19.1. The first-order valence-electron chi connectivity index (χ1n) is 12.2. The average molecular weight is 593 g/mol. The Morgan fingerprint density at radius 2 is 1.65 bits per heavy atom. The molecule has 3 heterocycles. The van der Waals surface area contributed by atoms with E-state index >= 15 is 0 Å². The molecule has 0 saturated carbocycles. The minimum absolute atomic E-state index is 0.0951. The highest BCUT2D eigenvalue weighted by Gasteiger charge is 2.25. The molecule has 5 aromatic rings. The van der Waals surface area contributed by atoms with E-state index in [0.29, 0.717) is 43.0 Å². The fraction of sp³-hybridized carbons (Fsp3) is 0.100. The van der Waals surface area contributed by atoms with Crippen LogP contribution in [0.3, 0.4) is 0 Å². The first-order valence-corrected chi connectivity index (χ1v) is 13.3. The lowest BCUT2D eigenvalue weighted by atomic mass is 9.96. The molecule has 40 heavy (non-hydrogen) atoms. The Bertz CT molecular complexity index is 1850. The van der Waals surface area contributed by atoms with Crippen molar-refractivity contribution in [3.63, 3.8) is 0 Å². The summed E-state index contributed by atoms with van der Waals surface area (Å²) in [5.74, 6) is -0.922. The third-order valence-electron chi connectivity index (χ3n) is 6.33. The summed E-state index contributed by atoms with van der Waals surface area (Å²) in [5, 5.41) is 4.49. The molecule has 0 saturated heterocycles. The van der Waals surface area contributed by atoms with Crippen LogP contribution < -0.4 is 15.9 Å². The molecule has 200 valence electrons. The average Bonchev–Trinajstić information content (AvgIpc) is 2.91. The number of H-pyrrole nitrogens is 1. The zero-order chi connectivity index (χ0) is 28.6. The largest absolute Gasteiger partial charge is 0.325 e. The van der Waals surface area contributed by atoms with Gasteiger partial charge in [0.05, 0.1) is 16.4 Å². The minimum Gasteiger partial charge on any atom is -0.325 e. The topological polar surface area (TPSA) is 95.2 Å². The monoisotopic (exact) mass is 591 g/mol. The lowest BCUT2D eigenvalue weighted by Gasteiger charge is -2.19. The van der Waals surface area contributed by atoms with Gasteiger partial charge in [-0.05, 0) is 48.9 Å². The summed E-state index contributed by atoms with van der Waals surface area (Å²) in [4.78, 5) is 47.1. The molecule has 0 aliphatic rings. The number of nitrogens with one attached hydrogen (secondary N) is 2. The van der Waals surface area contributed by atoms with Gasteiger partial charge in [-0.3, -0.25) is 19.0 Å². The summed E-state index contributed by atoms with van der Waals surface area (Å²) in [6.45, 7) is 2.70. The quantitative estimate of drug-likeness (QED) is 0.222. The number of Topliss-reactive ketones (excluding diaryl/α,β-unsaturated/α-hetero) is 1. The van der Waals surface area contributed by atoms with Gasteiger partial charge in [-0.25, -0.2) is 9.97 Å². The third-order valence-corrected chi connectivity index (χ3v) is 7.13. The van der Waals surface area contributed by atoms with Crippen molar-refractivity contribution in [2.45, 2.75) is 20.4 Å². The van der Waals surface area contributed by atoms with Crippen molar-refractivity contribution >= 4 is 63.2 Å². The van der Waals surface area contributed by atoms with Crippen LogP contribution in [0.2, 0.25) is 15.1 Å². The molecular weight excluding hydrogens is 571 g/mol. The lowest BCUT2D eigenvalue weighted by molar-refractivity contribution is -0.390. The highest BCUT2D eigenvalue weighted by Crippen LogP contribution is 2.39. The second-order valence-corrected chi connectivity index (χ2v) is 10.4. The predicted molar refractivity (Wildman–Crippen MR) is 158 cm³/mol. The number of benzene rings is 2. The molecule has 1 amide bonds. The van der Waals surface area contributed by atoms with E-state index in [1.165, 1.54) is 18.4 Å². The smallest absolute Gasteiger partial charge is 0.265 e. The standard InChI is InChI=1S/C30H21Cl3N4O3/c1-16(38)26-28(35-17(2)39)24-14-23(18-6-8-19(31)9-7-18)27(22-11-10-20(32)13-25(22)33)36-29(24)37(30(26)40)15-21-5-3-4-12-34-21/h3-14H,15H2,1-2H3,(H,35,39)/p+1. The van der Waals surface area contributed by atoms with Crippen molar-refractivity contribution in [3.8, 4) is 22.4 Å². The third kappa shape index (κ3) is 5.36. The van der Waals surface area contributed by atoms with E-state index in [1.807, 2.05) is 30.3 Å². The molecule has 0 unspecified atom stereocenters. The maximum Gasteiger partial charge on any atom is 0.265 e. The van der Waals surface area contributed by atoms with Crippen molar-refractivity contribution in [1.82, 2.24) is 9.55 Å². The van der Waals surface area contributed by atoms with E-state index in [4.69, 9.17) is 39.8 Å². The summed E-state index contributed by atoms with van der Waals surface area (Å²) >= 11 is 19.0. The molecule has 0 spiro atoms. The number of fused-ring (bicyclic) bond motifs is 1. The molecule has 10 heteroatoms. The highest BCUT2D eigenvalue weighted by molar-refractivity contribution is 6.36.